The second-order valence-corrected chi connectivity index (χ2v) is 10.4. The number of carboxylic acids is 1. The summed E-state index contributed by atoms with van der Waals surface area (Å²) < 4.78 is 5.09. The third-order valence-electron chi connectivity index (χ3n) is 6.82. The SMILES string of the molecule is CCC[C@@H](CCCC(=O)O)C(=O)[N@+]1(O)C[C@@H](C)OC2=C1C(N)=CC(C)(C)[C@@H]2C(=O)N[C@H](C)CC. The van der Waals surface area contributed by atoms with Gasteiger partial charge in [0.05, 0.1) is 11.6 Å². The molecule has 2 amide bonds. The van der Waals surface area contributed by atoms with Crippen molar-refractivity contribution in [2.75, 3.05) is 6.54 Å². The van der Waals surface area contributed by atoms with Crippen LogP contribution in [0.2, 0.25) is 0 Å². The first kappa shape index (κ1) is 27.9. The van der Waals surface area contributed by atoms with Crippen molar-refractivity contribution in [1.29, 1.82) is 0 Å². The number of hydrogen-bond acceptors (Lipinski definition) is 6. The highest BCUT2D eigenvalue weighted by molar-refractivity contribution is 5.84. The Balaban J connectivity index is 2.55. The summed E-state index contributed by atoms with van der Waals surface area (Å²) in [6.45, 7) is 11.3. The normalized spacial score (nSPS) is 27.7. The molecule has 0 saturated carbocycles. The summed E-state index contributed by atoms with van der Waals surface area (Å²) in [6.07, 6.45) is 3.82. The number of nitrogens with zero attached hydrogens (tertiary/aromatic N) is 1. The zero-order valence-corrected chi connectivity index (χ0v) is 21.4. The fourth-order valence-corrected chi connectivity index (χ4v) is 5.03. The largest absolute Gasteiger partial charge is 0.482 e. The summed E-state index contributed by atoms with van der Waals surface area (Å²) in [7, 11) is 0. The van der Waals surface area contributed by atoms with E-state index in [1.165, 1.54) is 0 Å². The predicted molar refractivity (Wildman–Crippen MR) is 127 cm³/mol. The van der Waals surface area contributed by atoms with Gasteiger partial charge in [0.1, 0.15) is 12.0 Å². The molecule has 1 aliphatic carbocycles. The van der Waals surface area contributed by atoms with Crippen LogP contribution in [0.15, 0.2) is 23.2 Å². The van der Waals surface area contributed by atoms with Crippen molar-refractivity contribution < 1.29 is 34.1 Å². The van der Waals surface area contributed by atoms with E-state index in [0.717, 1.165) is 6.42 Å². The average Bonchev–Trinajstić information content (AvgIpc) is 2.70. The maximum atomic E-state index is 13.8. The molecule has 0 saturated heterocycles. The van der Waals surface area contributed by atoms with Gasteiger partial charge in [0, 0.05) is 17.9 Å². The summed E-state index contributed by atoms with van der Waals surface area (Å²) in [5.41, 5.74) is 6.06. The van der Waals surface area contributed by atoms with E-state index in [1.807, 2.05) is 34.6 Å². The van der Waals surface area contributed by atoms with Gasteiger partial charge in [0.25, 0.3) is 0 Å². The Kier molecular flexibility index (Phi) is 8.93. The maximum Gasteiger partial charge on any atom is 0.354 e. The van der Waals surface area contributed by atoms with E-state index in [-0.39, 0.29) is 42.1 Å². The molecule has 1 heterocycles. The van der Waals surface area contributed by atoms with Crippen LogP contribution in [-0.2, 0) is 19.1 Å². The van der Waals surface area contributed by atoms with Crippen LogP contribution in [-0.4, -0.2) is 51.4 Å². The molecule has 192 valence electrons. The van der Waals surface area contributed by atoms with Gasteiger partial charge in [-0.2, -0.15) is 0 Å². The molecule has 0 unspecified atom stereocenters. The lowest BCUT2D eigenvalue weighted by Gasteiger charge is -2.45. The van der Waals surface area contributed by atoms with Crippen LogP contribution < -0.4 is 11.1 Å². The van der Waals surface area contributed by atoms with Gasteiger partial charge in [-0.15, -0.1) is 0 Å². The molecule has 34 heavy (non-hydrogen) atoms. The molecule has 0 radical (unpaired) electrons. The highest BCUT2D eigenvalue weighted by Crippen LogP contribution is 2.47. The summed E-state index contributed by atoms with van der Waals surface area (Å²) >= 11 is 0. The number of nitrogens with two attached hydrogens (primary N) is 1. The standard InChI is InChI=1S/C25H41N3O6/c1-7-10-17(11-9-12-19(29)30)24(32)28(33)14-16(4)34-22-20(23(31)27-15(3)8-2)25(5,6)13-18(26)21(22)28/h13,15-17,20,33H,7-12,14,26H2,1-6H3,(H-,27,29,30,31)/p+1/t15-,16-,17+,20+,28+/m1/s1. The van der Waals surface area contributed by atoms with E-state index in [0.29, 0.717) is 25.7 Å². The molecule has 0 aromatic heterocycles. The Morgan fingerprint density at radius 2 is 1.94 bits per heavy atom. The number of nitrogens with one attached hydrogen (secondary N) is 1. The molecule has 5 atom stereocenters. The summed E-state index contributed by atoms with van der Waals surface area (Å²) in [5.74, 6) is -2.66. The molecule has 0 fully saturated rings. The van der Waals surface area contributed by atoms with Crippen LogP contribution in [0.5, 0.6) is 0 Å². The van der Waals surface area contributed by atoms with E-state index in [2.05, 4.69) is 5.32 Å². The molecule has 9 nitrogen and oxygen atoms in total. The number of quaternary nitrogens is 1. The van der Waals surface area contributed by atoms with E-state index in [4.69, 9.17) is 15.6 Å². The lowest BCUT2D eigenvalue weighted by Crippen LogP contribution is -2.61. The van der Waals surface area contributed by atoms with Crippen LogP contribution in [0.4, 0.5) is 0 Å². The third-order valence-corrected chi connectivity index (χ3v) is 6.82. The van der Waals surface area contributed by atoms with E-state index in [1.54, 1.807) is 13.0 Å². The van der Waals surface area contributed by atoms with Gasteiger partial charge in [0.15, 0.2) is 12.3 Å². The zero-order chi connectivity index (χ0) is 25.8. The molecular formula is C25H42N3O6+. The number of amides is 2. The molecule has 2 aliphatic rings. The lowest BCUT2D eigenvalue weighted by molar-refractivity contribution is -1.01. The molecule has 0 aromatic carbocycles. The molecular weight excluding hydrogens is 438 g/mol. The number of hydrogen-bond donors (Lipinski definition) is 4. The smallest absolute Gasteiger partial charge is 0.354 e. The fourth-order valence-electron chi connectivity index (χ4n) is 5.03. The monoisotopic (exact) mass is 480 g/mol. The molecule has 9 heteroatoms. The van der Waals surface area contributed by atoms with Crippen LogP contribution in [0.1, 0.15) is 80.1 Å². The Morgan fingerprint density at radius 3 is 2.50 bits per heavy atom. The zero-order valence-electron chi connectivity index (χ0n) is 21.4. The van der Waals surface area contributed by atoms with Crippen LogP contribution in [0.25, 0.3) is 0 Å². The molecule has 2 rings (SSSR count). The topological polar surface area (TPSA) is 139 Å². The maximum absolute atomic E-state index is 13.8. The number of ether oxygens (including phenoxy) is 1. The molecule has 5 N–H and O–H groups in total. The first-order valence-electron chi connectivity index (χ1n) is 12.4. The van der Waals surface area contributed by atoms with Gasteiger partial charge < -0.3 is 20.9 Å². The highest BCUT2D eigenvalue weighted by Gasteiger charge is 2.57. The van der Waals surface area contributed by atoms with Crippen molar-refractivity contribution in [1.82, 2.24) is 5.32 Å². The van der Waals surface area contributed by atoms with Crippen LogP contribution in [0, 0.1) is 17.3 Å². The van der Waals surface area contributed by atoms with Gasteiger partial charge >= 0.3 is 11.9 Å². The fraction of sp³-hybridized carbons (Fsp3) is 0.720. The van der Waals surface area contributed by atoms with E-state index in [9.17, 15) is 19.6 Å². The van der Waals surface area contributed by atoms with Crippen molar-refractivity contribution in [3.05, 3.63) is 23.2 Å². The van der Waals surface area contributed by atoms with Crippen molar-refractivity contribution in [3.63, 3.8) is 0 Å². The van der Waals surface area contributed by atoms with Crippen molar-refractivity contribution >= 4 is 17.8 Å². The average molecular weight is 481 g/mol. The molecule has 0 spiro atoms. The number of carboxylic acid groups (broad SMARTS) is 1. The number of carbonyl (C=O) groups excluding carboxylic acids is 2. The van der Waals surface area contributed by atoms with Gasteiger partial charge in [-0.3, -0.25) is 9.59 Å². The van der Waals surface area contributed by atoms with Gasteiger partial charge in [-0.25, -0.2) is 10.0 Å². The number of rotatable bonds is 10. The van der Waals surface area contributed by atoms with Crippen molar-refractivity contribution in [2.45, 2.75) is 92.2 Å². The predicted octanol–water partition coefficient (Wildman–Crippen LogP) is 3.43. The summed E-state index contributed by atoms with van der Waals surface area (Å²) in [4.78, 5) is 38.1. The van der Waals surface area contributed by atoms with Crippen LogP contribution >= 0.6 is 0 Å². The van der Waals surface area contributed by atoms with Crippen LogP contribution in [0.3, 0.4) is 0 Å². The Bertz CT molecular complexity index is 865. The Morgan fingerprint density at radius 1 is 1.29 bits per heavy atom. The van der Waals surface area contributed by atoms with E-state index < -0.39 is 39.9 Å². The first-order valence-corrected chi connectivity index (χ1v) is 12.4. The van der Waals surface area contributed by atoms with E-state index >= 15 is 0 Å². The molecule has 0 bridgehead atoms. The second kappa shape index (κ2) is 10.9. The van der Waals surface area contributed by atoms with Gasteiger partial charge in [0.2, 0.25) is 11.6 Å². The number of aliphatic carboxylic acids is 1. The second-order valence-electron chi connectivity index (χ2n) is 10.4. The minimum absolute atomic E-state index is 0.0362. The number of carbonyl (C=O) groups is 3. The quantitative estimate of drug-likeness (QED) is 0.277. The van der Waals surface area contributed by atoms with Gasteiger partial charge in [-0.05, 0) is 45.6 Å². The summed E-state index contributed by atoms with van der Waals surface area (Å²) in [5, 5.41) is 23.9. The summed E-state index contributed by atoms with van der Waals surface area (Å²) in [6, 6.07) is -0.0465. The van der Waals surface area contributed by atoms with Crippen molar-refractivity contribution in [3.8, 4) is 0 Å². The van der Waals surface area contributed by atoms with Gasteiger partial charge in [-0.1, -0.05) is 38.8 Å². The Hall–Kier alpha value is -2.39. The lowest BCUT2D eigenvalue weighted by atomic mass is 9.72. The Labute approximate surface area is 202 Å². The molecule has 1 aliphatic heterocycles. The minimum Gasteiger partial charge on any atom is -0.482 e. The first-order chi connectivity index (χ1) is 15.8. The van der Waals surface area contributed by atoms with Crippen molar-refractivity contribution in [2.24, 2.45) is 23.0 Å². The highest BCUT2D eigenvalue weighted by atomic mass is 16.6. The minimum atomic E-state index is -1.04. The third kappa shape index (κ3) is 5.81. The number of hydroxylamine groups is 3. The molecule has 0 aromatic rings. The number of allylic oxidation sites excluding steroid dienone is 1.